The van der Waals surface area contributed by atoms with Crippen molar-refractivity contribution < 1.29 is 19.4 Å². The topological polar surface area (TPSA) is 78.9 Å². The van der Waals surface area contributed by atoms with E-state index in [0.29, 0.717) is 19.6 Å². The molecule has 0 spiro atoms. The average molecular weight is 292 g/mol. The summed E-state index contributed by atoms with van der Waals surface area (Å²) in [7, 11) is 1.59. The van der Waals surface area contributed by atoms with Crippen LogP contribution in [0.15, 0.2) is 18.2 Å². The minimum atomic E-state index is -0.957. The third-order valence-corrected chi connectivity index (χ3v) is 3.42. The first kappa shape index (κ1) is 15.3. The predicted molar refractivity (Wildman–Crippen MR) is 78.9 cm³/mol. The van der Waals surface area contributed by atoms with E-state index in [1.807, 2.05) is 13.8 Å². The molecule has 0 aromatic heterocycles. The Balaban J connectivity index is 2.15. The number of benzene rings is 1. The number of hydrogen-bond acceptors (Lipinski definition) is 3. The first-order valence-corrected chi connectivity index (χ1v) is 6.79. The lowest BCUT2D eigenvalue weighted by molar-refractivity contribution is 0.0697. The molecule has 1 aromatic carbocycles. The highest BCUT2D eigenvalue weighted by molar-refractivity contribution is 5.96. The Bertz CT molecular complexity index is 569. The second-order valence-corrected chi connectivity index (χ2v) is 5.80. The van der Waals surface area contributed by atoms with Crippen molar-refractivity contribution in [3.05, 3.63) is 29.3 Å². The van der Waals surface area contributed by atoms with Crippen molar-refractivity contribution >= 4 is 17.7 Å². The lowest BCUT2D eigenvalue weighted by atomic mass is 10.1. The monoisotopic (exact) mass is 292 g/mol. The number of nitrogens with one attached hydrogen (secondary N) is 1. The van der Waals surface area contributed by atoms with Crippen molar-refractivity contribution in [3.63, 3.8) is 0 Å². The number of urea groups is 1. The van der Waals surface area contributed by atoms with E-state index in [1.165, 1.54) is 6.07 Å². The summed E-state index contributed by atoms with van der Waals surface area (Å²) < 4.78 is 5.08. The molecule has 21 heavy (non-hydrogen) atoms. The summed E-state index contributed by atoms with van der Waals surface area (Å²) >= 11 is 0. The van der Waals surface area contributed by atoms with E-state index in [-0.39, 0.29) is 11.6 Å². The van der Waals surface area contributed by atoms with Gasteiger partial charge in [-0.1, -0.05) is 0 Å². The quantitative estimate of drug-likeness (QED) is 0.888. The van der Waals surface area contributed by atoms with E-state index in [0.717, 1.165) is 11.3 Å². The second kappa shape index (κ2) is 5.73. The SMILES string of the molecule is COCC(C)(C)NC(=O)N1CCc2cc(C(=O)O)ccc21. The lowest BCUT2D eigenvalue weighted by Crippen LogP contribution is -2.52. The van der Waals surface area contributed by atoms with Crippen molar-refractivity contribution in [2.45, 2.75) is 25.8 Å². The van der Waals surface area contributed by atoms with E-state index < -0.39 is 11.5 Å². The Labute approximate surface area is 123 Å². The number of rotatable bonds is 4. The number of hydrogen-bond donors (Lipinski definition) is 2. The van der Waals surface area contributed by atoms with Crippen LogP contribution in [-0.4, -0.2) is 42.9 Å². The summed E-state index contributed by atoms with van der Waals surface area (Å²) in [5.41, 5.74) is 1.44. The summed E-state index contributed by atoms with van der Waals surface area (Å²) in [5.74, 6) is -0.957. The van der Waals surface area contributed by atoms with Gasteiger partial charge in [0.15, 0.2) is 0 Å². The molecule has 0 fully saturated rings. The molecule has 6 nitrogen and oxygen atoms in total. The van der Waals surface area contributed by atoms with Crippen molar-refractivity contribution in [1.82, 2.24) is 5.32 Å². The smallest absolute Gasteiger partial charge is 0.335 e. The molecule has 114 valence electrons. The fraction of sp³-hybridized carbons (Fsp3) is 0.467. The molecule has 2 N–H and O–H groups in total. The number of fused-ring (bicyclic) bond motifs is 1. The second-order valence-electron chi connectivity index (χ2n) is 5.80. The first-order chi connectivity index (χ1) is 9.84. The Morgan fingerprint density at radius 1 is 1.43 bits per heavy atom. The standard InChI is InChI=1S/C15H20N2O4/c1-15(2,9-21-3)16-14(20)17-7-6-10-8-11(13(18)19)4-5-12(10)17/h4-5,8H,6-7,9H2,1-3H3,(H,16,20)(H,18,19). The number of nitrogens with zero attached hydrogens (tertiary/aromatic N) is 1. The normalized spacial score (nSPS) is 14.0. The minimum absolute atomic E-state index is 0.195. The van der Waals surface area contributed by atoms with E-state index in [2.05, 4.69) is 5.32 Å². The molecule has 1 aliphatic heterocycles. The Kier molecular flexibility index (Phi) is 4.18. The van der Waals surface area contributed by atoms with E-state index in [4.69, 9.17) is 9.84 Å². The first-order valence-electron chi connectivity index (χ1n) is 6.79. The lowest BCUT2D eigenvalue weighted by Gasteiger charge is -2.28. The molecule has 0 bridgehead atoms. The van der Waals surface area contributed by atoms with Crippen LogP contribution in [0.1, 0.15) is 29.8 Å². The van der Waals surface area contributed by atoms with Crippen LogP contribution in [0.25, 0.3) is 0 Å². The molecule has 1 aliphatic rings. The number of ether oxygens (including phenoxy) is 1. The summed E-state index contributed by atoms with van der Waals surface area (Å²) in [6, 6.07) is 4.64. The number of carboxylic acids is 1. The zero-order valence-corrected chi connectivity index (χ0v) is 12.5. The largest absolute Gasteiger partial charge is 0.478 e. The van der Waals surface area contributed by atoms with Gasteiger partial charge in [0.2, 0.25) is 0 Å². The zero-order valence-electron chi connectivity index (χ0n) is 12.5. The number of carbonyl (C=O) groups is 2. The highest BCUT2D eigenvalue weighted by Crippen LogP contribution is 2.29. The van der Waals surface area contributed by atoms with Gasteiger partial charge in [-0.15, -0.1) is 0 Å². The third kappa shape index (κ3) is 3.33. The maximum Gasteiger partial charge on any atom is 0.335 e. The third-order valence-electron chi connectivity index (χ3n) is 3.42. The minimum Gasteiger partial charge on any atom is -0.478 e. The van der Waals surface area contributed by atoms with Gasteiger partial charge in [0.1, 0.15) is 0 Å². The fourth-order valence-electron chi connectivity index (χ4n) is 2.50. The summed E-state index contributed by atoms with van der Waals surface area (Å²) in [4.78, 5) is 25.0. The van der Waals surface area contributed by atoms with Gasteiger partial charge in [0, 0.05) is 19.3 Å². The van der Waals surface area contributed by atoms with E-state index in [9.17, 15) is 9.59 Å². The fourth-order valence-corrected chi connectivity index (χ4v) is 2.50. The van der Waals surface area contributed by atoms with Gasteiger partial charge in [0.25, 0.3) is 0 Å². The van der Waals surface area contributed by atoms with Gasteiger partial charge >= 0.3 is 12.0 Å². The number of aromatic carboxylic acids is 1. The molecule has 0 aliphatic carbocycles. The number of anilines is 1. The van der Waals surface area contributed by atoms with Gasteiger partial charge in [-0.2, -0.15) is 0 Å². The number of methoxy groups -OCH3 is 1. The molecule has 0 unspecified atom stereocenters. The van der Waals surface area contributed by atoms with Crippen LogP contribution in [0.4, 0.5) is 10.5 Å². The highest BCUT2D eigenvalue weighted by atomic mass is 16.5. The molecular formula is C15H20N2O4. The molecule has 0 saturated carbocycles. The van der Waals surface area contributed by atoms with Crippen LogP contribution in [0.3, 0.4) is 0 Å². The predicted octanol–water partition coefficient (Wildman–Crippen LogP) is 1.88. The van der Waals surface area contributed by atoms with Crippen LogP contribution in [-0.2, 0) is 11.2 Å². The van der Waals surface area contributed by atoms with Gasteiger partial charge in [-0.05, 0) is 44.0 Å². The van der Waals surface area contributed by atoms with Crippen molar-refractivity contribution in [2.75, 3.05) is 25.2 Å². The van der Waals surface area contributed by atoms with Gasteiger partial charge < -0.3 is 15.2 Å². The average Bonchev–Trinajstić information content (AvgIpc) is 2.80. The molecule has 0 atom stereocenters. The Hall–Kier alpha value is -2.08. The number of amides is 2. The van der Waals surface area contributed by atoms with Crippen LogP contribution in [0.2, 0.25) is 0 Å². The van der Waals surface area contributed by atoms with E-state index in [1.54, 1.807) is 24.1 Å². The summed E-state index contributed by atoms with van der Waals surface area (Å²) in [6.07, 6.45) is 0.661. The van der Waals surface area contributed by atoms with Gasteiger partial charge in [0.05, 0.1) is 17.7 Å². The maximum absolute atomic E-state index is 12.4. The zero-order chi connectivity index (χ0) is 15.6. The van der Waals surface area contributed by atoms with Crippen LogP contribution in [0, 0.1) is 0 Å². The Morgan fingerprint density at radius 2 is 2.14 bits per heavy atom. The van der Waals surface area contributed by atoms with Gasteiger partial charge in [-0.25, -0.2) is 9.59 Å². The van der Waals surface area contributed by atoms with Crippen molar-refractivity contribution in [2.24, 2.45) is 0 Å². The summed E-state index contributed by atoms with van der Waals surface area (Å²) in [6.45, 7) is 4.74. The highest BCUT2D eigenvalue weighted by Gasteiger charge is 2.29. The van der Waals surface area contributed by atoms with Crippen LogP contribution in [0.5, 0.6) is 0 Å². The molecule has 0 radical (unpaired) electrons. The van der Waals surface area contributed by atoms with Crippen molar-refractivity contribution in [3.8, 4) is 0 Å². The molecule has 2 rings (SSSR count). The molecule has 1 aromatic rings. The van der Waals surface area contributed by atoms with E-state index >= 15 is 0 Å². The molecule has 2 amide bonds. The van der Waals surface area contributed by atoms with Crippen molar-refractivity contribution in [1.29, 1.82) is 0 Å². The molecule has 0 saturated heterocycles. The summed E-state index contributed by atoms with van der Waals surface area (Å²) in [5, 5.41) is 11.9. The molecular weight excluding hydrogens is 272 g/mol. The van der Waals surface area contributed by atoms with Gasteiger partial charge in [-0.3, -0.25) is 4.90 Å². The molecule has 6 heteroatoms. The van der Waals surface area contributed by atoms with Crippen LogP contribution < -0.4 is 10.2 Å². The van der Waals surface area contributed by atoms with Crippen LogP contribution >= 0.6 is 0 Å². The number of carboxylic acid groups (broad SMARTS) is 1. The maximum atomic E-state index is 12.4. The molecule has 1 heterocycles. The number of carbonyl (C=O) groups excluding carboxylic acids is 1. The Morgan fingerprint density at radius 3 is 2.76 bits per heavy atom.